The molecule has 0 unspecified atom stereocenters. The molecule has 1 N–H and O–H groups in total. The summed E-state index contributed by atoms with van der Waals surface area (Å²) in [5, 5.41) is 9.37. The van der Waals surface area contributed by atoms with Gasteiger partial charge in [-0.3, -0.25) is 0 Å². The number of carbonyl (C=O) groups excluding carboxylic acids is 1. The van der Waals surface area contributed by atoms with Crippen LogP contribution in [-0.4, -0.2) is 64.9 Å². The van der Waals surface area contributed by atoms with Crippen molar-refractivity contribution in [3.63, 3.8) is 0 Å². The molecular weight excluding hydrogens is 348 g/mol. The van der Waals surface area contributed by atoms with Crippen molar-refractivity contribution in [2.24, 2.45) is 0 Å². The Balaban J connectivity index is 1.87. The Morgan fingerprint density at radius 2 is 1.64 bits per heavy atom. The molecule has 1 aromatic heterocycles. The molecule has 0 bridgehead atoms. The van der Waals surface area contributed by atoms with Crippen LogP contribution in [0.5, 0.6) is 11.5 Å². The van der Waals surface area contributed by atoms with Crippen molar-refractivity contribution in [1.82, 2.24) is 0 Å². The highest BCUT2D eigenvalue weighted by Gasteiger charge is 2.17. The lowest BCUT2D eigenvalue weighted by Gasteiger charge is -2.05. The summed E-state index contributed by atoms with van der Waals surface area (Å²) < 4.78 is 27.0. The van der Waals surface area contributed by atoms with E-state index in [2.05, 4.69) is 0 Å². The van der Waals surface area contributed by atoms with Crippen molar-refractivity contribution < 1.29 is 33.6 Å². The summed E-state index contributed by atoms with van der Waals surface area (Å²) in [5.41, 5.74) is 0. The number of hydrogen-bond acceptors (Lipinski definition) is 8. The Kier molecular flexibility index (Phi) is 7.93. The molecule has 138 valence electrons. The molecule has 0 radical (unpaired) electrons. The SMILES string of the molecule is COc1ccc(OC)c2sc(C(=O)OCCOCCOCCO)cc12. The quantitative estimate of drug-likeness (QED) is 0.479. The van der Waals surface area contributed by atoms with Crippen molar-refractivity contribution >= 4 is 27.4 Å². The Bertz CT molecular complexity index is 642. The number of ether oxygens (including phenoxy) is 5. The normalized spacial score (nSPS) is 10.8. The molecule has 0 fully saturated rings. The van der Waals surface area contributed by atoms with E-state index in [4.69, 9.17) is 28.8 Å². The zero-order valence-corrected chi connectivity index (χ0v) is 15.1. The van der Waals surface area contributed by atoms with Crippen LogP contribution in [0.25, 0.3) is 10.1 Å². The number of aliphatic hydroxyl groups excluding tert-OH is 1. The van der Waals surface area contributed by atoms with E-state index in [1.165, 1.54) is 11.3 Å². The van der Waals surface area contributed by atoms with E-state index in [1.807, 2.05) is 0 Å². The molecule has 0 amide bonds. The third kappa shape index (κ3) is 5.30. The van der Waals surface area contributed by atoms with Crippen LogP contribution in [0.2, 0.25) is 0 Å². The molecule has 0 saturated carbocycles. The van der Waals surface area contributed by atoms with E-state index >= 15 is 0 Å². The lowest BCUT2D eigenvalue weighted by atomic mass is 10.2. The maximum Gasteiger partial charge on any atom is 0.348 e. The van der Waals surface area contributed by atoms with Crippen molar-refractivity contribution in [2.75, 3.05) is 53.9 Å². The van der Waals surface area contributed by atoms with Gasteiger partial charge < -0.3 is 28.8 Å². The number of esters is 1. The highest BCUT2D eigenvalue weighted by molar-refractivity contribution is 7.21. The lowest BCUT2D eigenvalue weighted by Crippen LogP contribution is -2.13. The minimum Gasteiger partial charge on any atom is -0.496 e. The molecule has 0 aliphatic heterocycles. The van der Waals surface area contributed by atoms with Gasteiger partial charge in [-0.25, -0.2) is 4.79 Å². The molecule has 2 rings (SSSR count). The van der Waals surface area contributed by atoms with Crippen molar-refractivity contribution in [3.05, 3.63) is 23.1 Å². The molecule has 0 aliphatic carbocycles. The van der Waals surface area contributed by atoms with E-state index in [0.29, 0.717) is 29.6 Å². The molecule has 25 heavy (non-hydrogen) atoms. The molecule has 2 aromatic rings. The molecule has 1 heterocycles. The number of thiophene rings is 1. The Morgan fingerprint density at radius 1 is 1.00 bits per heavy atom. The maximum atomic E-state index is 12.2. The monoisotopic (exact) mass is 370 g/mol. The van der Waals surface area contributed by atoms with Gasteiger partial charge in [0.25, 0.3) is 0 Å². The number of methoxy groups -OCH3 is 2. The summed E-state index contributed by atoms with van der Waals surface area (Å²) in [6.07, 6.45) is 0. The molecule has 0 aliphatic rings. The molecule has 0 atom stereocenters. The highest BCUT2D eigenvalue weighted by atomic mass is 32.1. The average molecular weight is 370 g/mol. The summed E-state index contributed by atoms with van der Waals surface area (Å²) in [6, 6.07) is 5.35. The van der Waals surface area contributed by atoms with Gasteiger partial charge in [0.15, 0.2) is 0 Å². The van der Waals surface area contributed by atoms with Gasteiger partial charge >= 0.3 is 5.97 Å². The number of hydrogen-bond donors (Lipinski definition) is 1. The van der Waals surface area contributed by atoms with E-state index in [0.717, 1.165) is 10.1 Å². The van der Waals surface area contributed by atoms with Gasteiger partial charge in [-0.15, -0.1) is 11.3 Å². The first-order chi connectivity index (χ1) is 12.2. The average Bonchev–Trinajstić information content (AvgIpc) is 3.08. The van der Waals surface area contributed by atoms with Crippen LogP contribution in [0.15, 0.2) is 18.2 Å². The first-order valence-electron chi connectivity index (χ1n) is 7.79. The third-order valence-electron chi connectivity index (χ3n) is 3.32. The van der Waals surface area contributed by atoms with Gasteiger partial charge in [-0.1, -0.05) is 0 Å². The minimum atomic E-state index is -0.412. The molecule has 7 nitrogen and oxygen atoms in total. The van der Waals surface area contributed by atoms with Crippen molar-refractivity contribution in [2.45, 2.75) is 0 Å². The minimum absolute atomic E-state index is 0.0116. The van der Waals surface area contributed by atoms with Crippen LogP contribution in [-0.2, 0) is 14.2 Å². The summed E-state index contributed by atoms with van der Waals surface area (Å²) in [4.78, 5) is 12.7. The number of fused-ring (bicyclic) bond motifs is 1. The largest absolute Gasteiger partial charge is 0.496 e. The second-order valence-electron chi connectivity index (χ2n) is 4.91. The zero-order chi connectivity index (χ0) is 18.1. The van der Waals surface area contributed by atoms with Gasteiger partial charge in [0.1, 0.15) is 23.0 Å². The van der Waals surface area contributed by atoms with E-state index in [9.17, 15) is 4.79 Å². The lowest BCUT2D eigenvalue weighted by molar-refractivity contribution is 0.00942. The van der Waals surface area contributed by atoms with Crippen LogP contribution in [0, 0.1) is 0 Å². The van der Waals surface area contributed by atoms with Gasteiger partial charge in [0, 0.05) is 5.39 Å². The molecular formula is C17H22O7S. The second kappa shape index (κ2) is 10.2. The second-order valence-corrected chi connectivity index (χ2v) is 5.96. The fourth-order valence-corrected chi connectivity index (χ4v) is 3.22. The smallest absolute Gasteiger partial charge is 0.348 e. The summed E-state index contributed by atoms with van der Waals surface area (Å²) in [5.74, 6) is 0.953. The van der Waals surface area contributed by atoms with Crippen molar-refractivity contribution in [3.8, 4) is 11.5 Å². The van der Waals surface area contributed by atoms with Crippen LogP contribution < -0.4 is 9.47 Å². The summed E-state index contributed by atoms with van der Waals surface area (Å²) >= 11 is 1.30. The van der Waals surface area contributed by atoms with E-state index < -0.39 is 5.97 Å². The predicted molar refractivity (Wildman–Crippen MR) is 93.9 cm³/mol. The number of benzene rings is 1. The zero-order valence-electron chi connectivity index (χ0n) is 14.3. The molecule has 1 aromatic carbocycles. The van der Waals surface area contributed by atoms with Gasteiger partial charge in [-0.2, -0.15) is 0 Å². The van der Waals surface area contributed by atoms with Gasteiger partial charge in [-0.05, 0) is 18.2 Å². The van der Waals surface area contributed by atoms with Crippen LogP contribution in [0.3, 0.4) is 0 Å². The summed E-state index contributed by atoms with van der Waals surface area (Å²) in [7, 11) is 3.17. The highest BCUT2D eigenvalue weighted by Crippen LogP contribution is 2.39. The van der Waals surface area contributed by atoms with Crippen LogP contribution >= 0.6 is 11.3 Å². The predicted octanol–water partition coefficient (Wildman–Crippen LogP) is 2.10. The van der Waals surface area contributed by atoms with Gasteiger partial charge in [0.05, 0.1) is 52.0 Å². The first-order valence-corrected chi connectivity index (χ1v) is 8.61. The summed E-state index contributed by atoms with van der Waals surface area (Å²) in [6.45, 7) is 1.49. The van der Waals surface area contributed by atoms with E-state index in [-0.39, 0.29) is 26.4 Å². The van der Waals surface area contributed by atoms with Crippen LogP contribution in [0.1, 0.15) is 9.67 Å². The topological polar surface area (TPSA) is 83.5 Å². The first kappa shape index (κ1) is 19.5. The molecule has 8 heteroatoms. The fraction of sp³-hybridized carbons (Fsp3) is 0.471. The maximum absolute atomic E-state index is 12.2. The Labute approximate surface area is 150 Å². The standard InChI is InChI=1S/C17H22O7S/c1-20-13-3-4-14(21-2)16-12(13)11-15(25-16)17(19)24-10-9-23-8-7-22-6-5-18/h3-4,11,18H,5-10H2,1-2H3. The third-order valence-corrected chi connectivity index (χ3v) is 4.45. The fourth-order valence-electron chi connectivity index (χ4n) is 2.16. The number of rotatable bonds is 11. The number of aliphatic hydroxyl groups is 1. The Morgan fingerprint density at radius 3 is 2.32 bits per heavy atom. The van der Waals surface area contributed by atoms with Gasteiger partial charge in [0.2, 0.25) is 0 Å². The molecule has 0 spiro atoms. The number of carbonyl (C=O) groups is 1. The molecule has 0 saturated heterocycles. The van der Waals surface area contributed by atoms with Crippen LogP contribution in [0.4, 0.5) is 0 Å². The van der Waals surface area contributed by atoms with Crippen molar-refractivity contribution in [1.29, 1.82) is 0 Å². The Hall–Kier alpha value is -1.87. The van der Waals surface area contributed by atoms with E-state index in [1.54, 1.807) is 32.4 Å².